The predicted octanol–water partition coefficient (Wildman–Crippen LogP) is 2.63. The van der Waals surface area contributed by atoms with E-state index in [1.807, 2.05) is 20.8 Å². The quantitative estimate of drug-likeness (QED) is 0.852. The average Bonchev–Trinajstić information content (AvgIpc) is 3.10. The van der Waals surface area contributed by atoms with Crippen LogP contribution in [0.2, 0.25) is 0 Å². The number of hydrogen-bond donors (Lipinski definition) is 1. The van der Waals surface area contributed by atoms with Gasteiger partial charge in [0.1, 0.15) is 5.60 Å². The summed E-state index contributed by atoms with van der Waals surface area (Å²) in [6.07, 6.45) is 4.97. The molecule has 1 N–H and O–H groups in total. The second-order valence-electron chi connectivity index (χ2n) is 7.07. The first kappa shape index (κ1) is 14.6. The molecular formula is C15H28N2O2. The number of piperidine rings is 1. The lowest BCUT2D eigenvalue weighted by Crippen LogP contribution is -2.40. The standard InChI is InChI=1S/C15H28N2O2/c1-15(2,3)19-14(18)16-10-12-6-8-17(9-7-12)11-13-4-5-13/h12-13H,4-11H2,1-3H3,(H,16,18). The first-order chi connectivity index (χ1) is 8.92. The summed E-state index contributed by atoms with van der Waals surface area (Å²) in [4.78, 5) is 14.2. The van der Waals surface area contributed by atoms with Crippen LogP contribution in [0.1, 0.15) is 46.5 Å². The van der Waals surface area contributed by atoms with Crippen molar-refractivity contribution in [2.24, 2.45) is 11.8 Å². The maximum Gasteiger partial charge on any atom is 0.407 e. The van der Waals surface area contributed by atoms with Crippen LogP contribution in [-0.4, -0.2) is 42.8 Å². The van der Waals surface area contributed by atoms with Crippen LogP contribution in [0.3, 0.4) is 0 Å². The second-order valence-corrected chi connectivity index (χ2v) is 7.07. The second kappa shape index (κ2) is 6.12. The zero-order chi connectivity index (χ0) is 13.9. The summed E-state index contributed by atoms with van der Waals surface area (Å²) in [6.45, 7) is 10.1. The Morgan fingerprint density at radius 2 is 1.79 bits per heavy atom. The number of alkyl carbamates (subject to hydrolysis) is 1. The molecule has 1 saturated carbocycles. The van der Waals surface area contributed by atoms with Gasteiger partial charge in [-0.2, -0.15) is 0 Å². The largest absolute Gasteiger partial charge is 0.444 e. The van der Waals surface area contributed by atoms with E-state index in [-0.39, 0.29) is 6.09 Å². The van der Waals surface area contributed by atoms with E-state index in [1.54, 1.807) is 0 Å². The molecule has 0 atom stereocenters. The van der Waals surface area contributed by atoms with Crippen molar-refractivity contribution in [3.05, 3.63) is 0 Å². The fraction of sp³-hybridized carbons (Fsp3) is 0.933. The van der Waals surface area contributed by atoms with E-state index in [0.29, 0.717) is 5.92 Å². The number of nitrogens with zero attached hydrogens (tertiary/aromatic N) is 1. The number of hydrogen-bond acceptors (Lipinski definition) is 3. The van der Waals surface area contributed by atoms with E-state index >= 15 is 0 Å². The lowest BCUT2D eigenvalue weighted by molar-refractivity contribution is 0.0509. The Bertz CT molecular complexity index is 300. The van der Waals surface area contributed by atoms with Crippen molar-refractivity contribution >= 4 is 6.09 Å². The van der Waals surface area contributed by atoms with Crippen molar-refractivity contribution in [2.45, 2.75) is 52.1 Å². The van der Waals surface area contributed by atoms with Gasteiger partial charge in [-0.25, -0.2) is 4.79 Å². The molecule has 2 aliphatic rings. The first-order valence-corrected chi connectivity index (χ1v) is 7.61. The summed E-state index contributed by atoms with van der Waals surface area (Å²) < 4.78 is 5.25. The number of ether oxygens (including phenoxy) is 1. The minimum atomic E-state index is -0.405. The van der Waals surface area contributed by atoms with Crippen LogP contribution in [0.5, 0.6) is 0 Å². The molecule has 110 valence electrons. The fourth-order valence-electron chi connectivity index (χ4n) is 2.58. The highest BCUT2D eigenvalue weighted by Gasteiger charge is 2.27. The highest BCUT2D eigenvalue weighted by Crippen LogP contribution is 2.31. The SMILES string of the molecule is CC(C)(C)OC(=O)NCC1CCN(CC2CC2)CC1. The van der Waals surface area contributed by atoms with Crippen LogP contribution in [-0.2, 0) is 4.74 Å². The minimum absolute atomic E-state index is 0.284. The van der Waals surface area contributed by atoms with Crippen LogP contribution < -0.4 is 5.32 Å². The molecular weight excluding hydrogens is 240 g/mol. The van der Waals surface area contributed by atoms with Gasteiger partial charge in [-0.05, 0) is 71.4 Å². The number of amides is 1. The Balaban J connectivity index is 1.58. The summed E-state index contributed by atoms with van der Waals surface area (Å²) >= 11 is 0. The predicted molar refractivity (Wildman–Crippen MR) is 76.1 cm³/mol. The van der Waals surface area contributed by atoms with Crippen LogP contribution >= 0.6 is 0 Å². The Morgan fingerprint density at radius 1 is 1.16 bits per heavy atom. The van der Waals surface area contributed by atoms with Gasteiger partial charge in [-0.15, -0.1) is 0 Å². The van der Waals surface area contributed by atoms with Crippen LogP contribution in [0.4, 0.5) is 4.79 Å². The van der Waals surface area contributed by atoms with E-state index in [4.69, 9.17) is 4.74 Å². The first-order valence-electron chi connectivity index (χ1n) is 7.61. The van der Waals surface area contributed by atoms with Gasteiger partial charge in [0.2, 0.25) is 0 Å². The highest BCUT2D eigenvalue weighted by molar-refractivity contribution is 5.67. The normalized spacial score (nSPS) is 22.3. The molecule has 2 rings (SSSR count). The van der Waals surface area contributed by atoms with Crippen molar-refractivity contribution in [3.63, 3.8) is 0 Å². The summed E-state index contributed by atoms with van der Waals surface area (Å²) in [6, 6.07) is 0. The molecule has 0 unspecified atom stereocenters. The zero-order valence-electron chi connectivity index (χ0n) is 12.6. The molecule has 19 heavy (non-hydrogen) atoms. The maximum absolute atomic E-state index is 11.6. The van der Waals surface area contributed by atoms with Gasteiger partial charge in [-0.1, -0.05) is 0 Å². The molecule has 4 nitrogen and oxygen atoms in total. The molecule has 0 aromatic heterocycles. The lowest BCUT2D eigenvalue weighted by atomic mass is 9.96. The van der Waals surface area contributed by atoms with Gasteiger partial charge in [0.25, 0.3) is 0 Å². The molecule has 1 heterocycles. The Hall–Kier alpha value is -0.770. The molecule has 0 aromatic carbocycles. The van der Waals surface area contributed by atoms with Gasteiger partial charge < -0.3 is 15.0 Å². The molecule has 1 aliphatic heterocycles. The minimum Gasteiger partial charge on any atom is -0.444 e. The average molecular weight is 268 g/mol. The maximum atomic E-state index is 11.6. The van der Waals surface area contributed by atoms with Crippen LogP contribution in [0.15, 0.2) is 0 Å². The van der Waals surface area contributed by atoms with Gasteiger partial charge in [0.05, 0.1) is 0 Å². The zero-order valence-corrected chi connectivity index (χ0v) is 12.6. The third kappa shape index (κ3) is 5.81. The van der Waals surface area contributed by atoms with E-state index in [2.05, 4.69) is 10.2 Å². The molecule has 1 amide bonds. The Labute approximate surface area is 116 Å². The van der Waals surface area contributed by atoms with Gasteiger partial charge >= 0.3 is 6.09 Å². The van der Waals surface area contributed by atoms with E-state index in [0.717, 1.165) is 12.5 Å². The summed E-state index contributed by atoms with van der Waals surface area (Å²) in [5, 5.41) is 2.90. The third-order valence-corrected chi connectivity index (χ3v) is 3.85. The lowest BCUT2D eigenvalue weighted by Gasteiger charge is -2.32. The number of likely N-dealkylation sites (tertiary alicyclic amines) is 1. The van der Waals surface area contributed by atoms with Crippen molar-refractivity contribution in [1.82, 2.24) is 10.2 Å². The van der Waals surface area contributed by atoms with Gasteiger partial charge in [0.15, 0.2) is 0 Å². The van der Waals surface area contributed by atoms with E-state index < -0.39 is 5.60 Å². The van der Waals surface area contributed by atoms with E-state index in [9.17, 15) is 4.79 Å². The number of rotatable bonds is 4. The number of carbonyl (C=O) groups is 1. The fourth-order valence-corrected chi connectivity index (χ4v) is 2.58. The van der Waals surface area contributed by atoms with Crippen LogP contribution in [0.25, 0.3) is 0 Å². The molecule has 0 spiro atoms. The van der Waals surface area contributed by atoms with E-state index in [1.165, 1.54) is 45.3 Å². The topological polar surface area (TPSA) is 41.6 Å². The number of carbonyl (C=O) groups excluding carboxylic acids is 1. The molecule has 1 aliphatic carbocycles. The number of nitrogens with one attached hydrogen (secondary N) is 1. The van der Waals surface area contributed by atoms with Crippen molar-refractivity contribution in [2.75, 3.05) is 26.2 Å². The van der Waals surface area contributed by atoms with Gasteiger partial charge in [-0.3, -0.25) is 0 Å². The third-order valence-electron chi connectivity index (χ3n) is 3.85. The smallest absolute Gasteiger partial charge is 0.407 e. The van der Waals surface area contributed by atoms with Crippen molar-refractivity contribution < 1.29 is 9.53 Å². The molecule has 4 heteroatoms. The molecule has 0 radical (unpaired) electrons. The molecule has 0 aromatic rings. The highest BCUT2D eigenvalue weighted by atomic mass is 16.6. The van der Waals surface area contributed by atoms with Crippen LogP contribution in [0, 0.1) is 11.8 Å². The monoisotopic (exact) mass is 268 g/mol. The molecule has 2 fully saturated rings. The molecule has 0 bridgehead atoms. The Morgan fingerprint density at radius 3 is 2.32 bits per heavy atom. The van der Waals surface area contributed by atoms with Crippen molar-refractivity contribution in [1.29, 1.82) is 0 Å². The Kier molecular flexibility index (Phi) is 4.71. The molecule has 1 saturated heterocycles. The summed E-state index contributed by atoms with van der Waals surface area (Å²) in [7, 11) is 0. The van der Waals surface area contributed by atoms with Crippen molar-refractivity contribution in [3.8, 4) is 0 Å². The summed E-state index contributed by atoms with van der Waals surface area (Å²) in [5.74, 6) is 1.60. The van der Waals surface area contributed by atoms with Gasteiger partial charge in [0, 0.05) is 13.1 Å². The summed E-state index contributed by atoms with van der Waals surface area (Å²) in [5.41, 5.74) is -0.405.